The van der Waals surface area contributed by atoms with Crippen molar-refractivity contribution < 1.29 is 23.7 Å². The summed E-state index contributed by atoms with van der Waals surface area (Å²) in [5, 5.41) is 0. The van der Waals surface area contributed by atoms with Gasteiger partial charge in [-0.15, -0.1) is 0 Å². The molecule has 24 heavy (non-hydrogen) atoms. The third-order valence-corrected chi connectivity index (χ3v) is 3.12. The second-order valence-corrected chi connectivity index (χ2v) is 4.95. The van der Waals surface area contributed by atoms with Crippen LogP contribution in [0.4, 0.5) is 0 Å². The van der Waals surface area contributed by atoms with Crippen LogP contribution in [0.3, 0.4) is 0 Å². The molecule has 0 aliphatic heterocycles. The molecule has 0 saturated heterocycles. The molecule has 0 spiro atoms. The second kappa shape index (κ2) is 10.3. The first kappa shape index (κ1) is 17.8. The van der Waals surface area contributed by atoms with Crippen molar-refractivity contribution in [2.45, 2.75) is 13.5 Å². The molecule has 0 heterocycles. The van der Waals surface area contributed by atoms with Crippen LogP contribution in [0.25, 0.3) is 0 Å². The highest BCUT2D eigenvalue weighted by Crippen LogP contribution is 2.18. The van der Waals surface area contributed by atoms with Crippen molar-refractivity contribution in [2.75, 3.05) is 26.4 Å². The van der Waals surface area contributed by atoms with Crippen LogP contribution in [0, 0.1) is 0 Å². The van der Waals surface area contributed by atoms with Crippen molar-refractivity contribution in [1.29, 1.82) is 0 Å². The standard InChI is InChI=1S/C19H22O5/c1-2-21-12-13-22-19(20)15-24-18-10-8-17(9-11-18)23-14-16-6-4-3-5-7-16/h3-11H,2,12-15H2,1H3. The number of esters is 1. The van der Waals surface area contributed by atoms with E-state index >= 15 is 0 Å². The Morgan fingerprint density at radius 3 is 2.21 bits per heavy atom. The van der Waals surface area contributed by atoms with E-state index in [2.05, 4.69) is 0 Å². The molecule has 0 aliphatic carbocycles. The lowest BCUT2D eigenvalue weighted by atomic mass is 10.2. The quantitative estimate of drug-likeness (QED) is 0.494. The highest BCUT2D eigenvalue weighted by Gasteiger charge is 2.04. The Labute approximate surface area is 142 Å². The van der Waals surface area contributed by atoms with Gasteiger partial charge in [0.25, 0.3) is 0 Å². The minimum atomic E-state index is -0.417. The molecule has 0 fully saturated rings. The van der Waals surface area contributed by atoms with Crippen LogP contribution in [0.5, 0.6) is 11.5 Å². The molecule has 0 radical (unpaired) electrons. The maximum atomic E-state index is 11.5. The molecule has 2 rings (SSSR count). The molecule has 0 saturated carbocycles. The molecule has 0 aliphatic rings. The summed E-state index contributed by atoms with van der Waals surface area (Å²) in [7, 11) is 0. The normalized spacial score (nSPS) is 10.2. The van der Waals surface area contributed by atoms with Crippen molar-refractivity contribution in [3.8, 4) is 11.5 Å². The molecule has 0 amide bonds. The average molecular weight is 330 g/mol. The van der Waals surface area contributed by atoms with E-state index in [9.17, 15) is 4.79 Å². The Morgan fingerprint density at radius 2 is 1.54 bits per heavy atom. The van der Waals surface area contributed by atoms with Gasteiger partial charge in [-0.25, -0.2) is 4.79 Å². The summed E-state index contributed by atoms with van der Waals surface area (Å²) in [5.74, 6) is 0.911. The first-order valence-electron chi connectivity index (χ1n) is 7.91. The van der Waals surface area contributed by atoms with Gasteiger partial charge < -0.3 is 18.9 Å². The molecular formula is C19H22O5. The van der Waals surface area contributed by atoms with Crippen molar-refractivity contribution in [2.24, 2.45) is 0 Å². The SMILES string of the molecule is CCOCCOC(=O)COc1ccc(OCc2ccccc2)cc1. The van der Waals surface area contributed by atoms with Crippen LogP contribution >= 0.6 is 0 Å². The summed E-state index contributed by atoms with van der Waals surface area (Å²) >= 11 is 0. The minimum Gasteiger partial charge on any atom is -0.489 e. The van der Waals surface area contributed by atoms with Crippen LogP contribution in [0.2, 0.25) is 0 Å². The van der Waals surface area contributed by atoms with E-state index in [1.54, 1.807) is 24.3 Å². The summed E-state index contributed by atoms with van der Waals surface area (Å²) in [6.07, 6.45) is 0. The van der Waals surface area contributed by atoms with Gasteiger partial charge in [0.1, 0.15) is 24.7 Å². The number of carbonyl (C=O) groups is 1. The predicted molar refractivity (Wildman–Crippen MR) is 90.2 cm³/mol. The van der Waals surface area contributed by atoms with E-state index < -0.39 is 5.97 Å². The highest BCUT2D eigenvalue weighted by molar-refractivity contribution is 5.71. The van der Waals surface area contributed by atoms with Gasteiger partial charge in [0, 0.05) is 6.61 Å². The lowest BCUT2D eigenvalue weighted by molar-refractivity contribution is -0.147. The predicted octanol–water partition coefficient (Wildman–Crippen LogP) is 3.22. The zero-order valence-electron chi connectivity index (χ0n) is 13.8. The first-order chi connectivity index (χ1) is 11.8. The van der Waals surface area contributed by atoms with E-state index in [0.717, 1.165) is 11.3 Å². The molecule has 5 heteroatoms. The molecule has 0 atom stereocenters. The summed E-state index contributed by atoms with van der Waals surface area (Å²) < 4.78 is 21.1. The van der Waals surface area contributed by atoms with Crippen molar-refractivity contribution in [1.82, 2.24) is 0 Å². The summed E-state index contributed by atoms with van der Waals surface area (Å²) in [6, 6.07) is 17.1. The smallest absolute Gasteiger partial charge is 0.344 e. The lowest BCUT2D eigenvalue weighted by Gasteiger charge is -2.09. The fourth-order valence-corrected chi connectivity index (χ4v) is 1.92. The number of carbonyl (C=O) groups excluding carboxylic acids is 1. The van der Waals surface area contributed by atoms with Gasteiger partial charge in [-0.1, -0.05) is 30.3 Å². The topological polar surface area (TPSA) is 54.0 Å². The summed E-state index contributed by atoms with van der Waals surface area (Å²) in [6.45, 7) is 3.51. The van der Waals surface area contributed by atoms with Crippen molar-refractivity contribution >= 4 is 5.97 Å². The third-order valence-electron chi connectivity index (χ3n) is 3.12. The number of benzene rings is 2. The molecule has 0 aromatic heterocycles. The second-order valence-electron chi connectivity index (χ2n) is 4.95. The highest BCUT2D eigenvalue weighted by atomic mass is 16.6. The Hall–Kier alpha value is -2.53. The summed E-state index contributed by atoms with van der Waals surface area (Å²) in [4.78, 5) is 11.5. The van der Waals surface area contributed by atoms with Gasteiger partial charge in [0.15, 0.2) is 6.61 Å². The molecule has 0 bridgehead atoms. The number of hydrogen-bond acceptors (Lipinski definition) is 5. The lowest BCUT2D eigenvalue weighted by Crippen LogP contribution is -2.17. The average Bonchev–Trinajstić information content (AvgIpc) is 2.63. The van der Waals surface area contributed by atoms with Crippen molar-refractivity contribution in [3.05, 3.63) is 60.2 Å². The van der Waals surface area contributed by atoms with Crippen molar-refractivity contribution in [3.63, 3.8) is 0 Å². The largest absolute Gasteiger partial charge is 0.489 e. The third kappa shape index (κ3) is 6.71. The monoisotopic (exact) mass is 330 g/mol. The molecule has 128 valence electrons. The number of rotatable bonds is 10. The van der Waals surface area contributed by atoms with Gasteiger partial charge in [0.2, 0.25) is 0 Å². The van der Waals surface area contributed by atoms with E-state index in [1.807, 2.05) is 37.3 Å². The fraction of sp³-hybridized carbons (Fsp3) is 0.316. The van der Waals surface area contributed by atoms with Gasteiger partial charge in [-0.05, 0) is 36.8 Å². The van der Waals surface area contributed by atoms with E-state index in [4.69, 9.17) is 18.9 Å². The Kier molecular flexibility index (Phi) is 7.63. The maximum absolute atomic E-state index is 11.5. The molecule has 0 unspecified atom stereocenters. The van der Waals surface area contributed by atoms with Gasteiger partial charge in [0.05, 0.1) is 6.61 Å². The molecular weight excluding hydrogens is 308 g/mol. The Bertz CT molecular complexity index is 595. The van der Waals surface area contributed by atoms with E-state index in [0.29, 0.717) is 25.6 Å². The number of hydrogen-bond donors (Lipinski definition) is 0. The Morgan fingerprint density at radius 1 is 0.875 bits per heavy atom. The molecule has 5 nitrogen and oxygen atoms in total. The van der Waals surface area contributed by atoms with Gasteiger partial charge in [-0.3, -0.25) is 0 Å². The minimum absolute atomic E-state index is 0.129. The zero-order chi connectivity index (χ0) is 17.0. The van der Waals surface area contributed by atoms with Crippen LogP contribution in [0.1, 0.15) is 12.5 Å². The van der Waals surface area contributed by atoms with Crippen LogP contribution in [-0.4, -0.2) is 32.4 Å². The maximum Gasteiger partial charge on any atom is 0.344 e. The molecule has 2 aromatic carbocycles. The first-order valence-corrected chi connectivity index (χ1v) is 7.91. The molecule has 0 N–H and O–H groups in total. The molecule has 2 aromatic rings. The Balaban J connectivity index is 1.69. The number of ether oxygens (including phenoxy) is 4. The van der Waals surface area contributed by atoms with E-state index in [-0.39, 0.29) is 13.2 Å². The summed E-state index contributed by atoms with van der Waals surface area (Å²) in [5.41, 5.74) is 1.10. The fourth-order valence-electron chi connectivity index (χ4n) is 1.92. The van der Waals surface area contributed by atoms with Crippen LogP contribution < -0.4 is 9.47 Å². The van der Waals surface area contributed by atoms with Gasteiger partial charge >= 0.3 is 5.97 Å². The van der Waals surface area contributed by atoms with E-state index in [1.165, 1.54) is 0 Å². The zero-order valence-corrected chi connectivity index (χ0v) is 13.8. The van der Waals surface area contributed by atoms with Crippen LogP contribution in [-0.2, 0) is 20.9 Å². The van der Waals surface area contributed by atoms with Crippen LogP contribution in [0.15, 0.2) is 54.6 Å². The van der Waals surface area contributed by atoms with Gasteiger partial charge in [-0.2, -0.15) is 0 Å².